The zero-order valence-electron chi connectivity index (χ0n) is 12.4. The Kier molecular flexibility index (Phi) is 4.44. The number of non-ortho nitro benzene ring substituents is 1. The SMILES string of the molecule is COc1cc(NC(=O)c2cc(C(F)(F)F)n(C)n2)cc([N+](=O)[O-])c1. The second-order valence-corrected chi connectivity index (χ2v) is 4.67. The third-order valence-corrected chi connectivity index (χ3v) is 3.00. The van der Waals surface area contributed by atoms with E-state index in [1.54, 1.807) is 0 Å². The lowest BCUT2D eigenvalue weighted by atomic mass is 10.2. The van der Waals surface area contributed by atoms with Gasteiger partial charge in [-0.3, -0.25) is 19.6 Å². The summed E-state index contributed by atoms with van der Waals surface area (Å²) >= 11 is 0. The highest BCUT2D eigenvalue weighted by Crippen LogP contribution is 2.30. The summed E-state index contributed by atoms with van der Waals surface area (Å²) in [6.07, 6.45) is -4.66. The smallest absolute Gasteiger partial charge is 0.433 e. The summed E-state index contributed by atoms with van der Waals surface area (Å²) in [5.74, 6) is -0.833. The molecule has 1 aromatic carbocycles. The van der Waals surface area contributed by atoms with Crippen molar-refractivity contribution in [3.63, 3.8) is 0 Å². The monoisotopic (exact) mass is 344 g/mol. The van der Waals surface area contributed by atoms with Gasteiger partial charge in [0.1, 0.15) is 11.4 Å². The van der Waals surface area contributed by atoms with E-state index in [-0.39, 0.29) is 17.1 Å². The summed E-state index contributed by atoms with van der Waals surface area (Å²) in [6, 6.07) is 4.06. The molecule has 0 unspecified atom stereocenters. The van der Waals surface area contributed by atoms with E-state index in [9.17, 15) is 28.1 Å². The number of amides is 1. The molecule has 0 saturated heterocycles. The van der Waals surface area contributed by atoms with Crippen molar-refractivity contribution in [1.82, 2.24) is 9.78 Å². The number of rotatable bonds is 4. The fourth-order valence-electron chi connectivity index (χ4n) is 1.92. The Bertz CT molecular complexity index is 801. The summed E-state index contributed by atoms with van der Waals surface area (Å²) in [5, 5.41) is 16.6. The van der Waals surface area contributed by atoms with Gasteiger partial charge in [-0.1, -0.05) is 0 Å². The number of hydrogen-bond acceptors (Lipinski definition) is 5. The van der Waals surface area contributed by atoms with E-state index in [1.807, 2.05) is 0 Å². The molecule has 128 valence electrons. The van der Waals surface area contributed by atoms with Gasteiger partial charge in [-0.05, 0) is 0 Å². The van der Waals surface area contributed by atoms with Crippen molar-refractivity contribution in [1.29, 1.82) is 0 Å². The number of benzene rings is 1. The molecule has 0 fully saturated rings. The molecule has 1 N–H and O–H groups in total. The fourth-order valence-corrected chi connectivity index (χ4v) is 1.92. The first kappa shape index (κ1) is 17.2. The van der Waals surface area contributed by atoms with E-state index < -0.39 is 28.4 Å². The van der Waals surface area contributed by atoms with Crippen LogP contribution in [-0.2, 0) is 13.2 Å². The molecular formula is C13H11F3N4O4. The average Bonchev–Trinajstić information content (AvgIpc) is 2.89. The van der Waals surface area contributed by atoms with Crippen LogP contribution in [0.4, 0.5) is 24.5 Å². The Morgan fingerprint density at radius 3 is 2.50 bits per heavy atom. The van der Waals surface area contributed by atoms with E-state index in [2.05, 4.69) is 10.4 Å². The number of alkyl halides is 3. The first-order chi connectivity index (χ1) is 11.1. The zero-order chi connectivity index (χ0) is 18.1. The number of aryl methyl sites for hydroxylation is 1. The van der Waals surface area contributed by atoms with E-state index in [4.69, 9.17) is 4.74 Å². The summed E-state index contributed by atoms with van der Waals surface area (Å²) in [6.45, 7) is 0. The molecule has 0 saturated carbocycles. The minimum absolute atomic E-state index is 0.00902. The van der Waals surface area contributed by atoms with Crippen LogP contribution in [-0.4, -0.2) is 27.7 Å². The van der Waals surface area contributed by atoms with Crippen molar-refractivity contribution in [3.8, 4) is 5.75 Å². The molecule has 1 aromatic heterocycles. The third-order valence-electron chi connectivity index (χ3n) is 3.00. The van der Waals surface area contributed by atoms with Crippen molar-refractivity contribution < 1.29 is 27.6 Å². The average molecular weight is 344 g/mol. The molecule has 0 aliphatic carbocycles. The standard InChI is InChI=1S/C13H11F3N4O4/c1-19-11(13(14,15)16)6-10(18-19)12(21)17-7-3-8(20(22)23)5-9(4-7)24-2/h3-6H,1-2H3,(H,17,21). The highest BCUT2D eigenvalue weighted by atomic mass is 19.4. The van der Waals surface area contributed by atoms with Crippen molar-refractivity contribution in [2.75, 3.05) is 12.4 Å². The van der Waals surface area contributed by atoms with Crippen LogP contribution in [0.1, 0.15) is 16.2 Å². The number of methoxy groups -OCH3 is 1. The Balaban J connectivity index is 2.30. The van der Waals surface area contributed by atoms with E-state index in [1.165, 1.54) is 13.2 Å². The largest absolute Gasteiger partial charge is 0.496 e. The molecule has 2 rings (SSSR count). The van der Waals surface area contributed by atoms with Gasteiger partial charge in [-0.2, -0.15) is 18.3 Å². The molecule has 1 heterocycles. The van der Waals surface area contributed by atoms with Crippen LogP contribution in [0.25, 0.3) is 0 Å². The molecule has 0 radical (unpaired) electrons. The number of halogens is 3. The van der Waals surface area contributed by atoms with Crippen LogP contribution in [0.15, 0.2) is 24.3 Å². The number of nitro groups is 1. The van der Waals surface area contributed by atoms with Gasteiger partial charge in [0, 0.05) is 25.2 Å². The number of ether oxygens (including phenoxy) is 1. The number of nitrogens with one attached hydrogen (secondary N) is 1. The first-order valence-corrected chi connectivity index (χ1v) is 6.38. The van der Waals surface area contributed by atoms with Crippen LogP contribution in [0, 0.1) is 10.1 Å². The predicted octanol–water partition coefficient (Wildman–Crippen LogP) is 2.61. The molecule has 24 heavy (non-hydrogen) atoms. The highest BCUT2D eigenvalue weighted by Gasteiger charge is 2.35. The van der Waals surface area contributed by atoms with Crippen LogP contribution in [0.2, 0.25) is 0 Å². The van der Waals surface area contributed by atoms with Gasteiger partial charge in [-0.25, -0.2) is 0 Å². The third kappa shape index (κ3) is 3.62. The lowest BCUT2D eigenvalue weighted by Gasteiger charge is -2.06. The second-order valence-electron chi connectivity index (χ2n) is 4.67. The second kappa shape index (κ2) is 6.18. The molecule has 0 bridgehead atoms. The van der Waals surface area contributed by atoms with Gasteiger partial charge >= 0.3 is 6.18 Å². The Morgan fingerprint density at radius 2 is 2.00 bits per heavy atom. The molecule has 8 nitrogen and oxygen atoms in total. The lowest BCUT2D eigenvalue weighted by Crippen LogP contribution is -2.13. The minimum atomic E-state index is -4.66. The summed E-state index contributed by atoms with van der Waals surface area (Å²) < 4.78 is 43.5. The van der Waals surface area contributed by atoms with Gasteiger partial charge < -0.3 is 10.1 Å². The van der Waals surface area contributed by atoms with E-state index in [0.717, 1.165) is 19.2 Å². The van der Waals surface area contributed by atoms with Crippen LogP contribution in [0.5, 0.6) is 5.75 Å². The van der Waals surface area contributed by atoms with Gasteiger partial charge in [-0.15, -0.1) is 0 Å². The number of anilines is 1. The fraction of sp³-hybridized carbons (Fsp3) is 0.231. The molecule has 11 heteroatoms. The number of aromatic nitrogens is 2. The molecule has 1 amide bonds. The van der Waals surface area contributed by atoms with Gasteiger partial charge in [0.2, 0.25) is 0 Å². The van der Waals surface area contributed by atoms with Gasteiger partial charge in [0.15, 0.2) is 5.69 Å². The number of carbonyl (C=O) groups is 1. The number of nitro benzene ring substituents is 1. The quantitative estimate of drug-likeness (QED) is 0.679. The Hall–Kier alpha value is -3.11. The number of nitrogens with zero attached hydrogens (tertiary/aromatic N) is 3. The maximum absolute atomic E-state index is 12.7. The molecule has 2 aromatic rings. The van der Waals surface area contributed by atoms with Crippen molar-refractivity contribution in [2.24, 2.45) is 7.05 Å². The normalized spacial score (nSPS) is 11.2. The number of carbonyl (C=O) groups excluding carboxylic acids is 1. The summed E-state index contributed by atoms with van der Waals surface area (Å²) in [4.78, 5) is 22.2. The maximum atomic E-state index is 12.7. The van der Waals surface area contributed by atoms with Gasteiger partial charge in [0.25, 0.3) is 11.6 Å². The van der Waals surface area contributed by atoms with Crippen LogP contribution >= 0.6 is 0 Å². The molecular weight excluding hydrogens is 333 g/mol. The predicted molar refractivity (Wildman–Crippen MR) is 75.8 cm³/mol. The van der Waals surface area contributed by atoms with Gasteiger partial charge in [0.05, 0.1) is 23.8 Å². The molecule has 0 atom stereocenters. The van der Waals surface area contributed by atoms with Crippen molar-refractivity contribution >= 4 is 17.3 Å². The summed E-state index contributed by atoms with van der Waals surface area (Å²) in [7, 11) is 2.33. The van der Waals surface area contributed by atoms with Crippen LogP contribution < -0.4 is 10.1 Å². The molecule has 0 aliphatic rings. The van der Waals surface area contributed by atoms with Crippen LogP contribution in [0.3, 0.4) is 0 Å². The van der Waals surface area contributed by atoms with Crippen molar-refractivity contribution in [2.45, 2.75) is 6.18 Å². The molecule has 0 spiro atoms. The Labute approximate surface area is 133 Å². The topological polar surface area (TPSA) is 99.3 Å². The zero-order valence-corrected chi connectivity index (χ0v) is 12.4. The molecule has 0 aliphatic heterocycles. The van der Waals surface area contributed by atoms with Crippen molar-refractivity contribution in [3.05, 3.63) is 45.8 Å². The Morgan fingerprint density at radius 1 is 1.33 bits per heavy atom. The number of hydrogen-bond donors (Lipinski definition) is 1. The van der Waals surface area contributed by atoms with E-state index in [0.29, 0.717) is 10.7 Å². The maximum Gasteiger partial charge on any atom is 0.433 e. The first-order valence-electron chi connectivity index (χ1n) is 6.38. The lowest BCUT2D eigenvalue weighted by molar-refractivity contribution is -0.384. The highest BCUT2D eigenvalue weighted by molar-refractivity contribution is 6.03. The minimum Gasteiger partial charge on any atom is -0.496 e. The summed E-state index contributed by atoms with van der Waals surface area (Å²) in [5.41, 5.74) is -1.92. The van der Waals surface area contributed by atoms with E-state index >= 15 is 0 Å².